The van der Waals surface area contributed by atoms with Gasteiger partial charge in [0, 0.05) is 10.9 Å². The molecule has 0 aliphatic carbocycles. The van der Waals surface area contributed by atoms with Gasteiger partial charge < -0.3 is 9.15 Å². The van der Waals surface area contributed by atoms with Gasteiger partial charge in [-0.25, -0.2) is 9.78 Å². The molecule has 0 amide bonds. The molecule has 2 aromatic carbocycles. The second kappa shape index (κ2) is 7.72. The molecule has 2 heterocycles. The molecule has 0 aliphatic heterocycles. The number of furan rings is 1. The van der Waals surface area contributed by atoms with Crippen molar-refractivity contribution in [3.05, 3.63) is 89.2 Å². The number of carbonyl (C=O) groups is 2. The first-order valence-corrected chi connectivity index (χ1v) is 9.23. The van der Waals surface area contributed by atoms with Crippen LogP contribution in [0.5, 0.6) is 0 Å². The molecule has 0 unspecified atom stereocenters. The number of ketones is 1. The first kappa shape index (κ1) is 18.6. The van der Waals surface area contributed by atoms with Gasteiger partial charge >= 0.3 is 5.97 Å². The summed E-state index contributed by atoms with van der Waals surface area (Å²) in [5, 5.41) is 0.675. The van der Waals surface area contributed by atoms with Gasteiger partial charge in [-0.1, -0.05) is 42.0 Å². The van der Waals surface area contributed by atoms with Crippen molar-refractivity contribution in [1.29, 1.82) is 0 Å². The molecule has 4 rings (SSSR count). The Morgan fingerprint density at radius 3 is 2.48 bits per heavy atom. The van der Waals surface area contributed by atoms with Crippen molar-refractivity contribution >= 4 is 22.7 Å². The Hall–Kier alpha value is -3.73. The molecular formula is C24H19NO4. The molecule has 0 saturated heterocycles. The Morgan fingerprint density at radius 2 is 1.76 bits per heavy atom. The fourth-order valence-electron chi connectivity index (χ4n) is 3.12. The van der Waals surface area contributed by atoms with E-state index < -0.39 is 5.97 Å². The van der Waals surface area contributed by atoms with Gasteiger partial charge in [0.05, 0.1) is 17.3 Å². The lowest BCUT2D eigenvalue weighted by atomic mass is 10.0. The van der Waals surface area contributed by atoms with Gasteiger partial charge in [0.2, 0.25) is 0 Å². The molecule has 0 N–H and O–H groups in total. The van der Waals surface area contributed by atoms with Crippen molar-refractivity contribution in [1.82, 2.24) is 4.98 Å². The number of rotatable bonds is 5. The third kappa shape index (κ3) is 3.94. The van der Waals surface area contributed by atoms with Crippen LogP contribution in [-0.2, 0) is 4.74 Å². The molecule has 0 saturated carbocycles. The van der Waals surface area contributed by atoms with Gasteiger partial charge in [0.25, 0.3) is 0 Å². The van der Waals surface area contributed by atoms with E-state index >= 15 is 0 Å². The lowest BCUT2D eigenvalue weighted by Gasteiger charge is -2.10. The summed E-state index contributed by atoms with van der Waals surface area (Å²) in [5.41, 5.74) is 4.00. The van der Waals surface area contributed by atoms with E-state index in [1.165, 1.54) is 0 Å². The monoisotopic (exact) mass is 385 g/mol. The van der Waals surface area contributed by atoms with Crippen molar-refractivity contribution in [2.75, 3.05) is 6.61 Å². The van der Waals surface area contributed by atoms with E-state index in [2.05, 4.69) is 4.98 Å². The minimum atomic E-state index is -0.572. The Bertz CT molecular complexity index is 1210. The standard InChI is InChI=1S/C24H19NO4/c1-15-8-9-20-18(10-15)19(12-21(25-20)23-11-16(2)13-28-23)24(27)29-14-22(26)17-6-4-3-5-7-17/h3-13H,14H2,1-2H3. The minimum Gasteiger partial charge on any atom is -0.462 e. The number of aryl methyl sites for hydroxylation is 2. The van der Waals surface area contributed by atoms with Crippen molar-refractivity contribution in [3.63, 3.8) is 0 Å². The zero-order chi connectivity index (χ0) is 20.4. The van der Waals surface area contributed by atoms with Gasteiger partial charge in [-0.2, -0.15) is 0 Å². The smallest absolute Gasteiger partial charge is 0.339 e. The molecule has 0 atom stereocenters. The zero-order valence-corrected chi connectivity index (χ0v) is 16.1. The molecule has 29 heavy (non-hydrogen) atoms. The minimum absolute atomic E-state index is 0.254. The van der Waals surface area contributed by atoms with E-state index in [0.29, 0.717) is 33.5 Å². The number of aromatic nitrogens is 1. The maximum Gasteiger partial charge on any atom is 0.339 e. The molecule has 2 aromatic heterocycles. The maximum atomic E-state index is 12.9. The van der Waals surface area contributed by atoms with Crippen LogP contribution in [0.1, 0.15) is 31.8 Å². The average Bonchev–Trinajstić information content (AvgIpc) is 3.18. The highest BCUT2D eigenvalue weighted by molar-refractivity contribution is 6.06. The number of carbonyl (C=O) groups excluding carboxylic acids is 2. The molecular weight excluding hydrogens is 366 g/mol. The molecule has 4 aromatic rings. The fourth-order valence-corrected chi connectivity index (χ4v) is 3.12. The molecule has 0 fully saturated rings. The molecule has 0 spiro atoms. The van der Waals surface area contributed by atoms with Gasteiger partial charge in [0.1, 0.15) is 5.69 Å². The number of hydrogen-bond acceptors (Lipinski definition) is 5. The van der Waals surface area contributed by atoms with Crippen LogP contribution >= 0.6 is 0 Å². The number of ether oxygens (including phenoxy) is 1. The summed E-state index contributed by atoms with van der Waals surface area (Å²) in [6.45, 7) is 3.53. The highest BCUT2D eigenvalue weighted by Crippen LogP contribution is 2.27. The molecule has 5 heteroatoms. The summed E-state index contributed by atoms with van der Waals surface area (Å²) < 4.78 is 10.9. The number of pyridine rings is 1. The van der Waals surface area contributed by atoms with Crippen molar-refractivity contribution < 1.29 is 18.7 Å². The van der Waals surface area contributed by atoms with E-state index in [9.17, 15) is 9.59 Å². The molecule has 0 aliphatic rings. The van der Waals surface area contributed by atoms with Crippen LogP contribution in [0.3, 0.4) is 0 Å². The fraction of sp³-hybridized carbons (Fsp3) is 0.125. The van der Waals surface area contributed by atoms with Crippen molar-refractivity contribution in [2.24, 2.45) is 0 Å². The van der Waals surface area contributed by atoms with Crippen LogP contribution in [0.4, 0.5) is 0 Å². The number of nitrogens with zero attached hydrogens (tertiary/aromatic N) is 1. The molecule has 0 radical (unpaired) electrons. The summed E-state index contributed by atoms with van der Waals surface area (Å²) >= 11 is 0. The number of hydrogen-bond donors (Lipinski definition) is 0. The summed E-state index contributed by atoms with van der Waals surface area (Å²) in [5.74, 6) is -0.258. The number of benzene rings is 2. The highest BCUT2D eigenvalue weighted by Gasteiger charge is 2.18. The third-order valence-corrected chi connectivity index (χ3v) is 4.60. The van der Waals surface area contributed by atoms with Gasteiger partial charge in [0.15, 0.2) is 18.2 Å². The summed E-state index contributed by atoms with van der Waals surface area (Å²) in [6.07, 6.45) is 1.63. The van der Waals surface area contributed by atoms with Crippen LogP contribution in [0.15, 0.2) is 71.3 Å². The quantitative estimate of drug-likeness (QED) is 0.351. The second-order valence-electron chi connectivity index (χ2n) is 6.93. The SMILES string of the molecule is Cc1coc(-c2cc(C(=O)OCC(=O)c3ccccc3)c3cc(C)ccc3n2)c1. The van der Waals surface area contributed by atoms with Crippen LogP contribution in [0.25, 0.3) is 22.4 Å². The number of Topliss-reactive ketones (excluding diaryl/α,β-unsaturated/α-hetero) is 1. The number of esters is 1. The zero-order valence-electron chi connectivity index (χ0n) is 16.1. The van der Waals surface area contributed by atoms with Crippen molar-refractivity contribution in [3.8, 4) is 11.5 Å². The molecule has 0 bridgehead atoms. The first-order chi connectivity index (χ1) is 14.0. The Labute approximate surface area is 168 Å². The van der Waals surface area contributed by atoms with E-state index in [0.717, 1.165) is 11.1 Å². The summed E-state index contributed by atoms with van der Waals surface area (Å²) in [6, 6.07) is 17.9. The summed E-state index contributed by atoms with van der Waals surface area (Å²) in [4.78, 5) is 29.8. The predicted octanol–water partition coefficient (Wildman–Crippen LogP) is 5.15. The van der Waals surface area contributed by atoms with Gasteiger partial charge in [-0.3, -0.25) is 4.79 Å². The van der Waals surface area contributed by atoms with Gasteiger partial charge in [-0.05, 0) is 43.7 Å². The van der Waals surface area contributed by atoms with E-state index in [-0.39, 0.29) is 12.4 Å². The van der Waals surface area contributed by atoms with Gasteiger partial charge in [-0.15, -0.1) is 0 Å². The number of fused-ring (bicyclic) bond motifs is 1. The van der Waals surface area contributed by atoms with E-state index in [4.69, 9.17) is 9.15 Å². The van der Waals surface area contributed by atoms with E-state index in [1.54, 1.807) is 36.6 Å². The Kier molecular flexibility index (Phi) is 4.96. The molecule has 144 valence electrons. The van der Waals surface area contributed by atoms with Crippen LogP contribution < -0.4 is 0 Å². The first-order valence-electron chi connectivity index (χ1n) is 9.23. The van der Waals surface area contributed by atoms with Crippen LogP contribution in [0, 0.1) is 13.8 Å². The van der Waals surface area contributed by atoms with Crippen LogP contribution in [-0.4, -0.2) is 23.3 Å². The average molecular weight is 385 g/mol. The topological polar surface area (TPSA) is 69.4 Å². The lowest BCUT2D eigenvalue weighted by Crippen LogP contribution is -2.15. The molecule has 5 nitrogen and oxygen atoms in total. The summed E-state index contributed by atoms with van der Waals surface area (Å²) in [7, 11) is 0. The third-order valence-electron chi connectivity index (χ3n) is 4.60. The Balaban J connectivity index is 1.68. The van der Waals surface area contributed by atoms with E-state index in [1.807, 2.05) is 44.2 Å². The van der Waals surface area contributed by atoms with Crippen molar-refractivity contribution in [2.45, 2.75) is 13.8 Å². The van der Waals surface area contributed by atoms with Crippen LogP contribution in [0.2, 0.25) is 0 Å². The second-order valence-corrected chi connectivity index (χ2v) is 6.93. The predicted molar refractivity (Wildman–Crippen MR) is 110 cm³/mol. The largest absolute Gasteiger partial charge is 0.462 e. The maximum absolute atomic E-state index is 12.9. The normalized spacial score (nSPS) is 10.8. The Morgan fingerprint density at radius 1 is 0.966 bits per heavy atom. The highest BCUT2D eigenvalue weighted by atomic mass is 16.5. The lowest BCUT2D eigenvalue weighted by molar-refractivity contribution is 0.0476.